The lowest BCUT2D eigenvalue weighted by Crippen LogP contribution is -2.37. The van der Waals surface area contributed by atoms with Gasteiger partial charge >= 0.3 is 0 Å². The number of methoxy groups -OCH3 is 1. The molecule has 2 aromatic carbocycles. The van der Waals surface area contributed by atoms with Crippen LogP contribution in [0.5, 0.6) is 11.5 Å². The lowest BCUT2D eigenvalue weighted by molar-refractivity contribution is -0.116. The fourth-order valence-electron chi connectivity index (χ4n) is 6.94. The summed E-state index contributed by atoms with van der Waals surface area (Å²) < 4.78 is 14.8. The summed E-state index contributed by atoms with van der Waals surface area (Å²) in [6.07, 6.45) is 10.0. The average molecular weight is 836 g/mol. The molecule has 0 spiro atoms. The van der Waals surface area contributed by atoms with Crippen molar-refractivity contribution in [2.24, 2.45) is 19.1 Å². The molecule has 7 rings (SSSR count). The Morgan fingerprint density at radius 3 is 2.53 bits per heavy atom. The van der Waals surface area contributed by atoms with Crippen LogP contribution in [0.1, 0.15) is 63.7 Å². The van der Waals surface area contributed by atoms with E-state index >= 15 is 0 Å². The van der Waals surface area contributed by atoms with E-state index in [0.717, 1.165) is 22.4 Å². The first-order valence-electron chi connectivity index (χ1n) is 18.9. The Balaban J connectivity index is 0.896. The Morgan fingerprint density at radius 1 is 0.949 bits per heavy atom. The number of amides is 4. The number of rotatable bonds is 15. The number of aryl methyl sites for hydroxylation is 2. The van der Waals surface area contributed by atoms with Gasteiger partial charge in [0.2, 0.25) is 11.7 Å². The number of nitrogens with one attached hydrogen (secondary N) is 3. The standard InChI is InChI=1S/C42H45N9O6S2/c1-42(2,59-58-6)24-45-39(53)32-17-27(22-49(32)3)26-13-14-35(44-20-26)48-40(54)38-47-36(23-50(38)4)46-37(52)12-9-15-57-34-19-30-29(18-33(34)56-5)41(55)51-28(21-43-30)16-25-10-7-8-11-31(25)51/h7-8,10-11,13-14,17-23,28H,9,12,15-16,24H2,1-6H3,(H,45,53)(H,46,52)(H,44,48,54)/t28-/m0/s1. The molecule has 2 aliphatic rings. The third kappa shape index (κ3) is 9.15. The third-order valence-electron chi connectivity index (χ3n) is 9.84. The van der Waals surface area contributed by atoms with Crippen LogP contribution in [0.3, 0.4) is 0 Å². The van der Waals surface area contributed by atoms with Gasteiger partial charge in [0.05, 0.1) is 31.0 Å². The highest BCUT2D eigenvalue weighted by atomic mass is 33.1. The molecule has 0 fully saturated rings. The van der Waals surface area contributed by atoms with E-state index in [9.17, 15) is 19.2 Å². The van der Waals surface area contributed by atoms with Gasteiger partial charge in [-0.05, 0) is 62.4 Å². The number of carbonyl (C=O) groups excluding carboxylic acids is 4. The molecule has 306 valence electrons. The first-order chi connectivity index (χ1) is 28.3. The molecule has 4 amide bonds. The number of carbonyl (C=O) groups is 4. The summed E-state index contributed by atoms with van der Waals surface area (Å²) in [6.45, 7) is 4.89. The SMILES string of the molecule is COc1cc2c(cc1OCCCC(=O)Nc1cn(C)c(C(=O)Nc3ccc(-c4cc(C(=O)NCC(C)(C)SSC)n(C)c4)cn3)n1)N=C[C@@H]1Cc3ccccc3N1C2=O. The van der Waals surface area contributed by atoms with Crippen LogP contribution in [0.2, 0.25) is 0 Å². The van der Waals surface area contributed by atoms with Gasteiger partial charge in [-0.3, -0.25) is 29.1 Å². The molecule has 15 nitrogen and oxygen atoms in total. The van der Waals surface area contributed by atoms with Gasteiger partial charge in [-0.2, -0.15) is 0 Å². The van der Waals surface area contributed by atoms with Crippen LogP contribution in [0, 0.1) is 0 Å². The van der Waals surface area contributed by atoms with E-state index in [0.29, 0.717) is 53.6 Å². The highest BCUT2D eigenvalue weighted by Crippen LogP contribution is 2.41. The second kappa shape index (κ2) is 17.4. The zero-order chi connectivity index (χ0) is 41.8. The highest BCUT2D eigenvalue weighted by Gasteiger charge is 2.36. The molecule has 0 radical (unpaired) electrons. The minimum absolute atomic E-state index is 0.0772. The van der Waals surface area contributed by atoms with Crippen LogP contribution in [-0.4, -0.2) is 86.3 Å². The second-order valence-corrected chi connectivity index (χ2v) is 17.8. The van der Waals surface area contributed by atoms with E-state index in [2.05, 4.69) is 44.8 Å². The summed E-state index contributed by atoms with van der Waals surface area (Å²) >= 11 is 0. The molecule has 5 aromatic rings. The first kappa shape index (κ1) is 41.1. The van der Waals surface area contributed by atoms with Gasteiger partial charge in [0.15, 0.2) is 17.3 Å². The minimum atomic E-state index is -0.506. The van der Waals surface area contributed by atoms with Crippen molar-refractivity contribution >= 4 is 74.4 Å². The quantitative estimate of drug-likeness (QED) is 0.0762. The Hall–Kier alpha value is -6.07. The zero-order valence-electron chi connectivity index (χ0n) is 33.6. The number of para-hydroxylation sites is 1. The van der Waals surface area contributed by atoms with Crippen molar-refractivity contribution in [2.45, 2.75) is 43.9 Å². The lowest BCUT2D eigenvalue weighted by atomic mass is 10.1. The molecule has 5 heterocycles. The Labute approximate surface area is 349 Å². The number of fused-ring (bicyclic) bond motifs is 4. The Bertz CT molecular complexity index is 2440. The van der Waals surface area contributed by atoms with E-state index in [-0.39, 0.29) is 53.2 Å². The maximum Gasteiger partial charge on any atom is 0.292 e. The molecule has 0 bridgehead atoms. The summed E-state index contributed by atoms with van der Waals surface area (Å²) in [4.78, 5) is 67.7. The molecule has 3 aromatic heterocycles. The summed E-state index contributed by atoms with van der Waals surface area (Å²) in [5.74, 6) is 0.288. The van der Waals surface area contributed by atoms with Gasteiger partial charge in [-0.25, -0.2) is 9.97 Å². The van der Waals surface area contributed by atoms with E-state index in [1.807, 2.05) is 55.9 Å². The molecule has 2 aliphatic heterocycles. The number of hydrogen-bond donors (Lipinski definition) is 3. The summed E-state index contributed by atoms with van der Waals surface area (Å²) in [7, 11) is 8.36. The Morgan fingerprint density at radius 2 is 1.76 bits per heavy atom. The van der Waals surface area contributed by atoms with Gasteiger partial charge in [0.1, 0.15) is 11.5 Å². The average Bonchev–Trinajstić information content (AvgIpc) is 3.89. The Kier molecular flexibility index (Phi) is 12.1. The van der Waals surface area contributed by atoms with Crippen LogP contribution in [0.15, 0.2) is 78.2 Å². The number of imidazole rings is 1. The summed E-state index contributed by atoms with van der Waals surface area (Å²) in [5.41, 5.74) is 5.00. The number of benzene rings is 2. The molecule has 0 saturated carbocycles. The molecule has 59 heavy (non-hydrogen) atoms. The number of ether oxygens (including phenoxy) is 2. The number of aliphatic imine (C=N–C) groups is 1. The minimum Gasteiger partial charge on any atom is -0.493 e. The zero-order valence-corrected chi connectivity index (χ0v) is 35.2. The fraction of sp³-hybridized carbons (Fsp3) is 0.310. The van der Waals surface area contributed by atoms with Gasteiger partial charge < -0.3 is 34.6 Å². The molecule has 0 unspecified atom stereocenters. The number of nitrogens with zero attached hydrogens (tertiary/aromatic N) is 6. The predicted molar refractivity (Wildman–Crippen MR) is 233 cm³/mol. The van der Waals surface area contributed by atoms with Crippen molar-refractivity contribution < 1.29 is 28.7 Å². The van der Waals surface area contributed by atoms with Gasteiger partial charge in [-0.1, -0.05) is 39.8 Å². The fourth-order valence-corrected chi connectivity index (χ4v) is 9.06. The third-order valence-corrected chi connectivity index (χ3v) is 12.5. The number of pyridine rings is 1. The predicted octanol–water partition coefficient (Wildman–Crippen LogP) is 6.69. The molecule has 17 heteroatoms. The second-order valence-electron chi connectivity index (χ2n) is 14.7. The van der Waals surface area contributed by atoms with Crippen molar-refractivity contribution in [1.82, 2.24) is 24.4 Å². The molecule has 3 N–H and O–H groups in total. The molecular formula is C42H45N9O6S2. The van der Waals surface area contributed by atoms with Gasteiger partial charge in [-0.15, -0.1) is 0 Å². The molecule has 0 aliphatic carbocycles. The van der Waals surface area contributed by atoms with Crippen LogP contribution in [0.4, 0.5) is 23.0 Å². The maximum absolute atomic E-state index is 13.7. The van der Waals surface area contributed by atoms with Crippen molar-refractivity contribution in [1.29, 1.82) is 0 Å². The topological polar surface area (TPSA) is 174 Å². The van der Waals surface area contributed by atoms with Crippen LogP contribution < -0.4 is 30.3 Å². The van der Waals surface area contributed by atoms with Gasteiger partial charge in [0.25, 0.3) is 17.7 Å². The number of aromatic nitrogens is 4. The van der Waals surface area contributed by atoms with Gasteiger partial charge in [0, 0.05) is 85.9 Å². The highest BCUT2D eigenvalue weighted by molar-refractivity contribution is 8.77. The molecular weight excluding hydrogens is 791 g/mol. The van der Waals surface area contributed by atoms with Crippen molar-refractivity contribution in [3.63, 3.8) is 0 Å². The summed E-state index contributed by atoms with van der Waals surface area (Å²) in [6, 6.07) is 16.3. The van der Waals surface area contributed by atoms with Crippen LogP contribution >= 0.6 is 21.6 Å². The van der Waals surface area contributed by atoms with Crippen molar-refractivity contribution in [3.05, 3.63) is 95.8 Å². The van der Waals surface area contributed by atoms with E-state index < -0.39 is 5.91 Å². The van der Waals surface area contributed by atoms with E-state index in [4.69, 9.17) is 9.47 Å². The van der Waals surface area contributed by atoms with Crippen molar-refractivity contribution in [2.75, 3.05) is 42.1 Å². The van der Waals surface area contributed by atoms with Crippen molar-refractivity contribution in [3.8, 4) is 22.6 Å². The molecule has 1 atom stereocenters. The largest absolute Gasteiger partial charge is 0.493 e. The maximum atomic E-state index is 13.7. The van der Waals surface area contributed by atoms with E-state index in [1.165, 1.54) is 11.7 Å². The number of anilines is 3. The normalized spacial score (nSPS) is 14.2. The van der Waals surface area contributed by atoms with Crippen LogP contribution in [-0.2, 0) is 25.3 Å². The van der Waals surface area contributed by atoms with Crippen LogP contribution in [0.25, 0.3) is 11.1 Å². The molecule has 0 saturated heterocycles. The summed E-state index contributed by atoms with van der Waals surface area (Å²) in [5, 5.41) is 8.51. The van der Waals surface area contributed by atoms with E-state index in [1.54, 1.807) is 74.9 Å². The first-order valence-corrected chi connectivity index (χ1v) is 21.5. The lowest BCUT2D eigenvalue weighted by Gasteiger charge is -2.22. The number of hydrogen-bond acceptors (Lipinski definition) is 11. The smallest absolute Gasteiger partial charge is 0.292 e. The monoisotopic (exact) mass is 835 g/mol.